The SMILES string of the molecule is COC(=O)c1c(C)c(C(=O)C(C)N(C(=O)COc2ccccc2)C(C)C)c(C)n1C. The Labute approximate surface area is 177 Å². The fourth-order valence-electron chi connectivity index (χ4n) is 3.75. The van der Waals surface area contributed by atoms with Crippen LogP contribution in [0.1, 0.15) is 52.9 Å². The second kappa shape index (κ2) is 9.61. The van der Waals surface area contributed by atoms with Gasteiger partial charge in [-0.1, -0.05) is 18.2 Å². The number of rotatable bonds is 8. The molecule has 7 nitrogen and oxygen atoms in total. The Balaban J connectivity index is 2.29. The topological polar surface area (TPSA) is 77.8 Å². The summed E-state index contributed by atoms with van der Waals surface area (Å²) in [5.74, 6) is -0.421. The van der Waals surface area contributed by atoms with Gasteiger partial charge in [-0.2, -0.15) is 0 Å². The molecule has 1 heterocycles. The number of carbonyl (C=O) groups excluding carboxylic acids is 3. The molecule has 0 saturated heterocycles. The minimum Gasteiger partial charge on any atom is -0.484 e. The molecule has 2 aromatic rings. The van der Waals surface area contributed by atoms with E-state index < -0.39 is 12.0 Å². The van der Waals surface area contributed by atoms with Crippen molar-refractivity contribution < 1.29 is 23.9 Å². The Kier molecular flexibility index (Phi) is 7.43. The molecule has 0 fully saturated rings. The van der Waals surface area contributed by atoms with Crippen LogP contribution < -0.4 is 4.74 Å². The number of benzene rings is 1. The highest BCUT2D eigenvalue weighted by Gasteiger charge is 2.33. The molecular formula is C23H30N2O5. The molecule has 1 amide bonds. The summed E-state index contributed by atoms with van der Waals surface area (Å²) in [7, 11) is 3.02. The van der Waals surface area contributed by atoms with E-state index in [-0.39, 0.29) is 24.3 Å². The zero-order chi connectivity index (χ0) is 22.6. The maximum Gasteiger partial charge on any atom is 0.354 e. The summed E-state index contributed by atoms with van der Waals surface area (Å²) in [5, 5.41) is 0. The molecule has 0 N–H and O–H groups in total. The molecule has 0 aliphatic rings. The van der Waals surface area contributed by atoms with E-state index in [4.69, 9.17) is 9.47 Å². The fraction of sp³-hybridized carbons (Fsp3) is 0.435. The van der Waals surface area contributed by atoms with Crippen LogP contribution in [0.2, 0.25) is 0 Å². The minimum absolute atomic E-state index is 0.167. The monoisotopic (exact) mass is 414 g/mol. The number of ketones is 1. The average molecular weight is 415 g/mol. The van der Waals surface area contributed by atoms with Gasteiger partial charge in [-0.3, -0.25) is 9.59 Å². The third-order valence-electron chi connectivity index (χ3n) is 5.30. The summed E-state index contributed by atoms with van der Waals surface area (Å²) >= 11 is 0. The van der Waals surface area contributed by atoms with Crippen molar-refractivity contribution in [2.45, 2.75) is 46.7 Å². The average Bonchev–Trinajstić information content (AvgIpc) is 2.94. The maximum atomic E-state index is 13.4. The molecule has 0 aliphatic heterocycles. The largest absolute Gasteiger partial charge is 0.484 e. The summed E-state index contributed by atoms with van der Waals surface area (Å²) in [6, 6.07) is 8.13. The standard InChI is InChI=1S/C23H30N2O5/c1-14(2)25(19(26)13-30-18-11-9-8-10-12-18)17(5)22(27)20-15(3)21(23(28)29-7)24(6)16(20)4/h8-12,14,17H,13H2,1-7H3. The lowest BCUT2D eigenvalue weighted by atomic mass is 9.99. The Bertz CT molecular complexity index is 931. The lowest BCUT2D eigenvalue weighted by Gasteiger charge is -2.32. The van der Waals surface area contributed by atoms with E-state index in [0.29, 0.717) is 28.3 Å². The Morgan fingerprint density at radius 2 is 1.67 bits per heavy atom. The number of aromatic nitrogens is 1. The van der Waals surface area contributed by atoms with Crippen LogP contribution in [0.5, 0.6) is 5.75 Å². The number of para-hydroxylation sites is 1. The van der Waals surface area contributed by atoms with Gasteiger partial charge in [0.1, 0.15) is 11.4 Å². The van der Waals surface area contributed by atoms with Gasteiger partial charge in [-0.05, 0) is 52.3 Å². The summed E-state index contributed by atoms with van der Waals surface area (Å²) in [6.45, 7) is 8.74. The van der Waals surface area contributed by atoms with Crippen molar-refractivity contribution in [3.8, 4) is 5.75 Å². The lowest BCUT2D eigenvalue weighted by Crippen LogP contribution is -2.49. The van der Waals surface area contributed by atoms with Crippen LogP contribution in [0.4, 0.5) is 0 Å². The first-order valence-electron chi connectivity index (χ1n) is 9.89. The third kappa shape index (κ3) is 4.56. The first kappa shape index (κ1) is 23.2. The minimum atomic E-state index is -0.720. The molecule has 1 aromatic carbocycles. The van der Waals surface area contributed by atoms with Gasteiger partial charge in [-0.15, -0.1) is 0 Å². The van der Waals surface area contributed by atoms with Gasteiger partial charge in [0.25, 0.3) is 5.91 Å². The summed E-state index contributed by atoms with van der Waals surface area (Å²) in [5.41, 5.74) is 1.98. The number of ether oxygens (including phenoxy) is 2. The van der Waals surface area contributed by atoms with E-state index in [1.807, 2.05) is 32.0 Å². The zero-order valence-corrected chi connectivity index (χ0v) is 18.7. The van der Waals surface area contributed by atoms with Crippen LogP contribution in [0.3, 0.4) is 0 Å². The number of hydrogen-bond donors (Lipinski definition) is 0. The Hall–Kier alpha value is -3.09. The first-order valence-corrected chi connectivity index (χ1v) is 9.89. The molecule has 2 rings (SSSR count). The third-order valence-corrected chi connectivity index (χ3v) is 5.30. The van der Waals surface area contributed by atoms with Crippen molar-refractivity contribution in [2.75, 3.05) is 13.7 Å². The molecule has 7 heteroatoms. The van der Waals surface area contributed by atoms with Crippen LogP contribution in [-0.2, 0) is 16.6 Å². The van der Waals surface area contributed by atoms with E-state index in [2.05, 4.69) is 0 Å². The smallest absolute Gasteiger partial charge is 0.354 e. The van der Waals surface area contributed by atoms with E-state index in [1.165, 1.54) is 12.0 Å². The normalized spacial score (nSPS) is 11.9. The van der Waals surface area contributed by atoms with Gasteiger partial charge in [0.15, 0.2) is 12.4 Å². The predicted octanol–water partition coefficient (Wildman–Crippen LogP) is 3.32. The molecule has 1 aromatic heterocycles. The Morgan fingerprint density at radius 1 is 1.07 bits per heavy atom. The molecule has 0 aliphatic carbocycles. The zero-order valence-electron chi connectivity index (χ0n) is 18.7. The molecule has 1 unspecified atom stereocenters. The van der Waals surface area contributed by atoms with Crippen LogP contribution in [-0.4, -0.2) is 52.9 Å². The second-order valence-electron chi connectivity index (χ2n) is 7.52. The van der Waals surface area contributed by atoms with Crippen LogP contribution >= 0.6 is 0 Å². The highest BCUT2D eigenvalue weighted by molar-refractivity contribution is 6.06. The molecule has 0 saturated carbocycles. The quantitative estimate of drug-likeness (QED) is 0.489. The molecule has 1 atom stereocenters. The van der Waals surface area contributed by atoms with Crippen molar-refractivity contribution in [3.05, 3.63) is 52.8 Å². The molecule has 30 heavy (non-hydrogen) atoms. The van der Waals surface area contributed by atoms with Crippen molar-refractivity contribution in [2.24, 2.45) is 7.05 Å². The van der Waals surface area contributed by atoms with Gasteiger partial charge < -0.3 is 18.9 Å². The predicted molar refractivity (Wildman–Crippen MR) is 114 cm³/mol. The lowest BCUT2D eigenvalue weighted by molar-refractivity contribution is -0.136. The van der Waals surface area contributed by atoms with E-state index in [1.54, 1.807) is 44.5 Å². The number of hydrogen-bond acceptors (Lipinski definition) is 5. The number of amides is 1. The number of esters is 1. The van der Waals surface area contributed by atoms with E-state index in [9.17, 15) is 14.4 Å². The fourth-order valence-corrected chi connectivity index (χ4v) is 3.75. The Morgan fingerprint density at radius 3 is 2.20 bits per heavy atom. The highest BCUT2D eigenvalue weighted by Crippen LogP contribution is 2.25. The van der Waals surface area contributed by atoms with E-state index >= 15 is 0 Å². The van der Waals surface area contributed by atoms with Crippen LogP contribution in [0.15, 0.2) is 30.3 Å². The van der Waals surface area contributed by atoms with Gasteiger partial charge in [0, 0.05) is 24.3 Å². The second-order valence-corrected chi connectivity index (χ2v) is 7.52. The van der Waals surface area contributed by atoms with Crippen molar-refractivity contribution in [1.29, 1.82) is 0 Å². The molecule has 0 radical (unpaired) electrons. The maximum absolute atomic E-state index is 13.4. The van der Waals surface area contributed by atoms with Gasteiger partial charge in [0.05, 0.1) is 13.2 Å². The summed E-state index contributed by atoms with van der Waals surface area (Å²) in [4.78, 5) is 40.0. The van der Waals surface area contributed by atoms with Crippen LogP contribution in [0, 0.1) is 13.8 Å². The number of methoxy groups -OCH3 is 1. The van der Waals surface area contributed by atoms with Crippen molar-refractivity contribution in [1.82, 2.24) is 9.47 Å². The van der Waals surface area contributed by atoms with Gasteiger partial charge in [0.2, 0.25) is 0 Å². The van der Waals surface area contributed by atoms with Crippen molar-refractivity contribution in [3.63, 3.8) is 0 Å². The molecule has 162 valence electrons. The van der Waals surface area contributed by atoms with Gasteiger partial charge >= 0.3 is 5.97 Å². The number of nitrogens with zero attached hydrogens (tertiary/aromatic N) is 2. The number of Topliss-reactive ketones (excluding diaryl/α,β-unsaturated/α-hetero) is 1. The van der Waals surface area contributed by atoms with Gasteiger partial charge in [-0.25, -0.2) is 4.79 Å². The summed E-state index contributed by atoms with van der Waals surface area (Å²) in [6.07, 6.45) is 0. The molecule has 0 bridgehead atoms. The molecule has 0 spiro atoms. The first-order chi connectivity index (χ1) is 14.1. The molecular weight excluding hydrogens is 384 g/mol. The van der Waals surface area contributed by atoms with E-state index in [0.717, 1.165) is 0 Å². The number of carbonyl (C=O) groups is 3. The van der Waals surface area contributed by atoms with Crippen LogP contribution in [0.25, 0.3) is 0 Å². The highest BCUT2D eigenvalue weighted by atomic mass is 16.5. The van der Waals surface area contributed by atoms with Crippen molar-refractivity contribution >= 4 is 17.7 Å². The summed E-state index contributed by atoms with van der Waals surface area (Å²) < 4.78 is 12.1.